The summed E-state index contributed by atoms with van der Waals surface area (Å²) in [7, 11) is 1.34. The summed E-state index contributed by atoms with van der Waals surface area (Å²) < 4.78 is 0. The normalized spacial score (nSPS) is 27.2. The molecular formula is C12H22N2O4. The van der Waals surface area contributed by atoms with E-state index in [1.165, 1.54) is 7.11 Å². The van der Waals surface area contributed by atoms with Crippen molar-refractivity contribution in [3.8, 4) is 0 Å². The Morgan fingerprint density at radius 2 is 1.94 bits per heavy atom. The molecule has 2 fully saturated rings. The molecule has 2 aliphatic rings. The van der Waals surface area contributed by atoms with E-state index in [1.54, 1.807) is 4.90 Å². The number of aliphatic hydroxyl groups is 1. The second-order valence-corrected chi connectivity index (χ2v) is 5.03. The zero-order valence-electron chi connectivity index (χ0n) is 10.9. The summed E-state index contributed by atoms with van der Waals surface area (Å²) in [5.74, 6) is 0. The van der Waals surface area contributed by atoms with Gasteiger partial charge in [-0.15, -0.1) is 0 Å². The Kier molecular flexibility index (Phi) is 4.79. The van der Waals surface area contributed by atoms with Crippen molar-refractivity contribution in [1.29, 1.82) is 0 Å². The second kappa shape index (κ2) is 6.36. The van der Waals surface area contributed by atoms with Gasteiger partial charge in [0.1, 0.15) is 0 Å². The van der Waals surface area contributed by atoms with Crippen molar-refractivity contribution in [1.82, 2.24) is 9.80 Å². The summed E-state index contributed by atoms with van der Waals surface area (Å²) in [6.07, 6.45) is 3.20. The molecule has 6 heteroatoms. The molecule has 6 nitrogen and oxygen atoms in total. The first-order chi connectivity index (χ1) is 8.70. The molecule has 1 unspecified atom stereocenters. The van der Waals surface area contributed by atoms with E-state index in [2.05, 4.69) is 14.7 Å². The minimum atomic E-state index is -0.403. The van der Waals surface area contributed by atoms with Gasteiger partial charge in [-0.05, 0) is 25.7 Å². The van der Waals surface area contributed by atoms with Crippen LogP contribution in [0.25, 0.3) is 0 Å². The van der Waals surface area contributed by atoms with Crippen LogP contribution in [0.4, 0.5) is 4.79 Å². The maximum Gasteiger partial charge on any atom is 0.441 e. The number of hydrogen-bond donors (Lipinski definition) is 1. The topological polar surface area (TPSA) is 62.2 Å². The van der Waals surface area contributed by atoms with Gasteiger partial charge in [-0.3, -0.25) is 9.79 Å². The standard InChI is InChI=1S/C12H22N2O4/c1-17-18-12(16)14-6-2-3-10(9-14)13-7-4-11(15)5-8-13/h10-11,15H,2-9H2,1H3. The highest BCUT2D eigenvalue weighted by Crippen LogP contribution is 2.20. The highest BCUT2D eigenvalue weighted by atomic mass is 17.2. The molecule has 1 N–H and O–H groups in total. The molecule has 0 aromatic heterocycles. The third kappa shape index (κ3) is 3.34. The minimum absolute atomic E-state index is 0.153. The summed E-state index contributed by atoms with van der Waals surface area (Å²) in [6, 6.07) is 0.385. The van der Waals surface area contributed by atoms with Gasteiger partial charge in [0.05, 0.1) is 13.2 Å². The number of piperidine rings is 2. The Bertz CT molecular complexity index is 279. The summed E-state index contributed by atoms with van der Waals surface area (Å²) in [6.45, 7) is 3.26. The number of nitrogens with zero attached hydrogens (tertiary/aromatic N) is 2. The Balaban J connectivity index is 1.84. The first kappa shape index (κ1) is 13.6. The second-order valence-electron chi connectivity index (χ2n) is 5.03. The summed E-state index contributed by atoms with van der Waals surface area (Å²) in [5, 5.41) is 9.51. The fourth-order valence-electron chi connectivity index (χ4n) is 2.79. The molecule has 2 heterocycles. The molecule has 0 radical (unpaired) electrons. The van der Waals surface area contributed by atoms with Crippen LogP contribution < -0.4 is 0 Å². The van der Waals surface area contributed by atoms with Crippen molar-refractivity contribution in [2.45, 2.75) is 37.8 Å². The van der Waals surface area contributed by atoms with Crippen LogP contribution in [0.15, 0.2) is 0 Å². The lowest BCUT2D eigenvalue weighted by Gasteiger charge is -2.41. The van der Waals surface area contributed by atoms with E-state index in [0.29, 0.717) is 12.6 Å². The lowest BCUT2D eigenvalue weighted by molar-refractivity contribution is -0.222. The monoisotopic (exact) mass is 258 g/mol. The molecular weight excluding hydrogens is 236 g/mol. The minimum Gasteiger partial charge on any atom is -0.393 e. The van der Waals surface area contributed by atoms with E-state index in [0.717, 1.165) is 45.3 Å². The molecule has 0 bridgehead atoms. The van der Waals surface area contributed by atoms with Gasteiger partial charge in [-0.2, -0.15) is 4.89 Å². The molecule has 0 aliphatic carbocycles. The molecule has 0 aromatic rings. The molecule has 0 spiro atoms. The van der Waals surface area contributed by atoms with Crippen LogP contribution in [0.5, 0.6) is 0 Å². The van der Waals surface area contributed by atoms with Gasteiger partial charge in [0.15, 0.2) is 0 Å². The van der Waals surface area contributed by atoms with E-state index in [1.807, 2.05) is 0 Å². The SMILES string of the molecule is COOC(=O)N1CCCC(N2CCC(O)CC2)C1. The van der Waals surface area contributed by atoms with Crippen LogP contribution in [-0.4, -0.2) is 66.4 Å². The number of amides is 1. The molecule has 2 aliphatic heterocycles. The van der Waals surface area contributed by atoms with Crippen LogP contribution >= 0.6 is 0 Å². The van der Waals surface area contributed by atoms with E-state index in [4.69, 9.17) is 0 Å². The number of carbonyl (C=O) groups excluding carboxylic acids is 1. The molecule has 18 heavy (non-hydrogen) atoms. The highest BCUT2D eigenvalue weighted by molar-refractivity contribution is 5.67. The predicted molar refractivity (Wildman–Crippen MR) is 64.9 cm³/mol. The van der Waals surface area contributed by atoms with Crippen molar-refractivity contribution in [2.75, 3.05) is 33.3 Å². The Morgan fingerprint density at radius 3 is 2.61 bits per heavy atom. The van der Waals surface area contributed by atoms with Crippen LogP contribution in [0.3, 0.4) is 0 Å². The van der Waals surface area contributed by atoms with Crippen LogP contribution in [0, 0.1) is 0 Å². The van der Waals surface area contributed by atoms with E-state index < -0.39 is 6.09 Å². The lowest BCUT2D eigenvalue weighted by atomic mass is 10.00. The molecule has 104 valence electrons. The number of likely N-dealkylation sites (tertiary alicyclic amines) is 2. The Morgan fingerprint density at radius 1 is 1.22 bits per heavy atom. The first-order valence-corrected chi connectivity index (χ1v) is 6.62. The lowest BCUT2D eigenvalue weighted by Crippen LogP contribution is -2.52. The predicted octanol–water partition coefficient (Wildman–Crippen LogP) is 0.605. The molecule has 1 amide bonds. The van der Waals surface area contributed by atoms with Gasteiger partial charge in [-0.1, -0.05) is 0 Å². The largest absolute Gasteiger partial charge is 0.441 e. The Hall–Kier alpha value is -0.850. The number of hydrogen-bond acceptors (Lipinski definition) is 5. The Labute approximate surface area is 107 Å². The van der Waals surface area contributed by atoms with Gasteiger partial charge >= 0.3 is 6.09 Å². The van der Waals surface area contributed by atoms with Crippen LogP contribution in [0.2, 0.25) is 0 Å². The molecule has 0 aromatic carbocycles. The van der Waals surface area contributed by atoms with Gasteiger partial charge < -0.3 is 10.0 Å². The summed E-state index contributed by atoms with van der Waals surface area (Å²) in [5.41, 5.74) is 0. The number of rotatable bonds is 2. The van der Waals surface area contributed by atoms with Crippen molar-refractivity contribution in [3.63, 3.8) is 0 Å². The van der Waals surface area contributed by atoms with E-state index in [-0.39, 0.29) is 6.10 Å². The van der Waals surface area contributed by atoms with E-state index in [9.17, 15) is 9.90 Å². The maximum absolute atomic E-state index is 11.6. The quantitative estimate of drug-likeness (QED) is 0.580. The molecule has 2 saturated heterocycles. The fraction of sp³-hybridized carbons (Fsp3) is 0.917. The van der Waals surface area contributed by atoms with E-state index >= 15 is 0 Å². The maximum atomic E-state index is 11.6. The molecule has 0 saturated carbocycles. The molecule has 1 atom stereocenters. The first-order valence-electron chi connectivity index (χ1n) is 6.62. The summed E-state index contributed by atoms with van der Waals surface area (Å²) >= 11 is 0. The van der Waals surface area contributed by atoms with Gasteiger partial charge in [0, 0.05) is 32.2 Å². The van der Waals surface area contributed by atoms with Gasteiger partial charge in [-0.25, -0.2) is 4.79 Å². The zero-order chi connectivity index (χ0) is 13.0. The fourth-order valence-corrected chi connectivity index (χ4v) is 2.79. The van der Waals surface area contributed by atoms with Gasteiger partial charge in [0.2, 0.25) is 0 Å². The number of carbonyl (C=O) groups is 1. The smallest absolute Gasteiger partial charge is 0.393 e. The third-order valence-corrected chi connectivity index (χ3v) is 3.82. The third-order valence-electron chi connectivity index (χ3n) is 3.82. The van der Waals surface area contributed by atoms with Crippen molar-refractivity contribution >= 4 is 6.09 Å². The average molecular weight is 258 g/mol. The van der Waals surface area contributed by atoms with Gasteiger partial charge in [0.25, 0.3) is 0 Å². The van der Waals surface area contributed by atoms with Crippen molar-refractivity contribution < 1.29 is 19.7 Å². The number of aliphatic hydroxyl groups excluding tert-OH is 1. The van der Waals surface area contributed by atoms with Crippen LogP contribution in [0.1, 0.15) is 25.7 Å². The molecule has 2 rings (SSSR count). The summed E-state index contributed by atoms with van der Waals surface area (Å²) in [4.78, 5) is 24.6. The zero-order valence-corrected chi connectivity index (χ0v) is 10.9. The van der Waals surface area contributed by atoms with Crippen molar-refractivity contribution in [3.05, 3.63) is 0 Å². The average Bonchev–Trinajstić information content (AvgIpc) is 2.40. The highest BCUT2D eigenvalue weighted by Gasteiger charge is 2.30. The van der Waals surface area contributed by atoms with Crippen LogP contribution in [-0.2, 0) is 9.78 Å². The van der Waals surface area contributed by atoms with Crippen molar-refractivity contribution in [2.24, 2.45) is 0 Å².